The molecule has 0 spiro atoms. The molecule has 0 saturated heterocycles. The minimum atomic E-state index is 0.598. The van der Waals surface area contributed by atoms with Crippen LogP contribution in [0.3, 0.4) is 0 Å². The topological polar surface area (TPSA) is 47.7 Å². The predicted octanol–water partition coefficient (Wildman–Crippen LogP) is 1.27. The summed E-state index contributed by atoms with van der Waals surface area (Å²) in [6, 6.07) is 3.96. The molecule has 0 saturated carbocycles. The van der Waals surface area contributed by atoms with Gasteiger partial charge in [-0.1, -0.05) is 0 Å². The molecule has 0 aliphatic heterocycles. The zero-order valence-corrected chi connectivity index (χ0v) is 10.4. The second-order valence-corrected chi connectivity index (χ2v) is 3.77. The van der Waals surface area contributed by atoms with Crippen LogP contribution in [-0.2, 0) is 6.42 Å². The van der Waals surface area contributed by atoms with Crippen LogP contribution in [0.25, 0.3) is 0 Å². The van der Waals surface area contributed by atoms with E-state index in [9.17, 15) is 0 Å². The summed E-state index contributed by atoms with van der Waals surface area (Å²) in [6.07, 6.45) is 0.785. The lowest BCUT2D eigenvalue weighted by molar-refractivity contribution is 0.399. The molecule has 0 amide bonds. The summed E-state index contributed by atoms with van der Waals surface area (Å²) in [5.41, 5.74) is 7.64. The van der Waals surface area contributed by atoms with E-state index in [-0.39, 0.29) is 0 Å². The number of hydrogen-bond donors (Lipinski definition) is 1. The SMILES string of the molecule is COc1cc(N(C)C)c(OC)cc1CCN. The van der Waals surface area contributed by atoms with Gasteiger partial charge < -0.3 is 20.1 Å². The van der Waals surface area contributed by atoms with Crippen molar-refractivity contribution in [1.82, 2.24) is 0 Å². The highest BCUT2D eigenvalue weighted by atomic mass is 16.5. The second-order valence-electron chi connectivity index (χ2n) is 3.77. The number of rotatable bonds is 5. The van der Waals surface area contributed by atoms with E-state index >= 15 is 0 Å². The summed E-state index contributed by atoms with van der Waals surface area (Å²) < 4.78 is 10.7. The highest BCUT2D eigenvalue weighted by molar-refractivity contribution is 5.63. The van der Waals surface area contributed by atoms with E-state index in [0.29, 0.717) is 6.54 Å². The Bertz CT molecular complexity index is 351. The zero-order chi connectivity index (χ0) is 12.1. The van der Waals surface area contributed by atoms with Crippen LogP contribution in [0.4, 0.5) is 5.69 Å². The van der Waals surface area contributed by atoms with Gasteiger partial charge in [-0.2, -0.15) is 0 Å². The largest absolute Gasteiger partial charge is 0.496 e. The van der Waals surface area contributed by atoms with Crippen molar-refractivity contribution in [2.24, 2.45) is 5.73 Å². The van der Waals surface area contributed by atoms with Crippen molar-refractivity contribution in [3.8, 4) is 11.5 Å². The van der Waals surface area contributed by atoms with Crippen LogP contribution in [0.15, 0.2) is 12.1 Å². The van der Waals surface area contributed by atoms with Crippen molar-refractivity contribution in [2.75, 3.05) is 39.8 Å². The Kier molecular flexibility index (Phi) is 4.43. The Morgan fingerprint density at radius 3 is 2.19 bits per heavy atom. The Balaban J connectivity index is 3.22. The number of nitrogens with zero attached hydrogens (tertiary/aromatic N) is 1. The first kappa shape index (κ1) is 12.6. The predicted molar refractivity (Wildman–Crippen MR) is 66.6 cm³/mol. The average molecular weight is 224 g/mol. The lowest BCUT2D eigenvalue weighted by atomic mass is 10.1. The lowest BCUT2D eigenvalue weighted by Gasteiger charge is -2.19. The molecule has 0 aromatic heterocycles. The summed E-state index contributed by atoms with van der Waals surface area (Å²) in [7, 11) is 7.28. The molecule has 0 fully saturated rings. The van der Waals surface area contributed by atoms with E-state index in [2.05, 4.69) is 0 Å². The summed E-state index contributed by atoms with van der Waals surface area (Å²) in [5.74, 6) is 1.70. The van der Waals surface area contributed by atoms with E-state index in [1.165, 1.54) is 0 Å². The van der Waals surface area contributed by atoms with Crippen molar-refractivity contribution in [1.29, 1.82) is 0 Å². The maximum atomic E-state index is 5.57. The van der Waals surface area contributed by atoms with Gasteiger partial charge in [0.05, 0.1) is 19.9 Å². The average Bonchev–Trinajstić information content (AvgIpc) is 2.28. The molecule has 0 bridgehead atoms. The normalized spacial score (nSPS) is 10.1. The van der Waals surface area contributed by atoms with E-state index in [1.54, 1.807) is 14.2 Å². The summed E-state index contributed by atoms with van der Waals surface area (Å²) in [5, 5.41) is 0. The van der Waals surface area contributed by atoms with Crippen LogP contribution in [0.1, 0.15) is 5.56 Å². The maximum absolute atomic E-state index is 5.57. The smallest absolute Gasteiger partial charge is 0.142 e. The fourth-order valence-electron chi connectivity index (χ4n) is 1.65. The Morgan fingerprint density at radius 1 is 1.12 bits per heavy atom. The summed E-state index contributed by atoms with van der Waals surface area (Å²) in [4.78, 5) is 1.99. The number of anilines is 1. The van der Waals surface area contributed by atoms with Crippen LogP contribution >= 0.6 is 0 Å². The third kappa shape index (κ3) is 2.58. The van der Waals surface area contributed by atoms with Crippen LogP contribution in [-0.4, -0.2) is 34.9 Å². The third-order valence-corrected chi connectivity index (χ3v) is 2.48. The quantitative estimate of drug-likeness (QED) is 0.818. The van der Waals surface area contributed by atoms with Gasteiger partial charge in [0, 0.05) is 20.2 Å². The maximum Gasteiger partial charge on any atom is 0.142 e. The molecule has 0 radical (unpaired) electrons. The van der Waals surface area contributed by atoms with Crippen LogP contribution in [0.5, 0.6) is 11.5 Å². The van der Waals surface area contributed by atoms with Gasteiger partial charge in [0.2, 0.25) is 0 Å². The van der Waals surface area contributed by atoms with Crippen molar-refractivity contribution in [2.45, 2.75) is 6.42 Å². The first-order valence-corrected chi connectivity index (χ1v) is 5.26. The molecule has 4 nitrogen and oxygen atoms in total. The van der Waals surface area contributed by atoms with Gasteiger partial charge >= 0.3 is 0 Å². The highest BCUT2D eigenvalue weighted by Gasteiger charge is 2.11. The summed E-state index contributed by atoms with van der Waals surface area (Å²) in [6.45, 7) is 0.598. The second kappa shape index (κ2) is 5.61. The molecule has 90 valence electrons. The minimum Gasteiger partial charge on any atom is -0.496 e. The van der Waals surface area contributed by atoms with Crippen molar-refractivity contribution >= 4 is 5.69 Å². The monoisotopic (exact) mass is 224 g/mol. The van der Waals surface area contributed by atoms with Crippen LogP contribution < -0.4 is 20.1 Å². The van der Waals surface area contributed by atoms with Gasteiger partial charge in [0.25, 0.3) is 0 Å². The van der Waals surface area contributed by atoms with E-state index in [4.69, 9.17) is 15.2 Å². The number of ether oxygens (including phenoxy) is 2. The van der Waals surface area contributed by atoms with Crippen molar-refractivity contribution in [3.05, 3.63) is 17.7 Å². The summed E-state index contributed by atoms with van der Waals surface area (Å²) >= 11 is 0. The van der Waals surface area contributed by atoms with Crippen LogP contribution in [0.2, 0.25) is 0 Å². The highest BCUT2D eigenvalue weighted by Crippen LogP contribution is 2.34. The standard InChI is InChI=1S/C12H20N2O2/c1-14(2)10-8-11(15-3)9(5-6-13)7-12(10)16-4/h7-8H,5-6,13H2,1-4H3. The Labute approximate surface area is 96.9 Å². The van der Waals surface area contributed by atoms with Gasteiger partial charge in [0.15, 0.2) is 0 Å². The lowest BCUT2D eigenvalue weighted by Crippen LogP contribution is -2.12. The van der Waals surface area contributed by atoms with E-state index < -0.39 is 0 Å². The van der Waals surface area contributed by atoms with E-state index in [1.807, 2.05) is 31.1 Å². The molecule has 0 aliphatic carbocycles. The number of benzene rings is 1. The van der Waals surface area contributed by atoms with Gasteiger partial charge in [-0.15, -0.1) is 0 Å². The molecule has 0 heterocycles. The van der Waals surface area contributed by atoms with Crippen molar-refractivity contribution < 1.29 is 9.47 Å². The minimum absolute atomic E-state index is 0.598. The zero-order valence-electron chi connectivity index (χ0n) is 10.4. The number of hydrogen-bond acceptors (Lipinski definition) is 4. The van der Waals surface area contributed by atoms with Gasteiger partial charge in [0.1, 0.15) is 11.5 Å². The molecule has 1 rings (SSSR count). The fraction of sp³-hybridized carbons (Fsp3) is 0.500. The van der Waals surface area contributed by atoms with Gasteiger partial charge in [-0.05, 0) is 24.6 Å². The number of nitrogens with two attached hydrogens (primary N) is 1. The molecule has 4 heteroatoms. The van der Waals surface area contributed by atoms with Crippen LogP contribution in [0, 0.1) is 0 Å². The van der Waals surface area contributed by atoms with Crippen molar-refractivity contribution in [3.63, 3.8) is 0 Å². The van der Waals surface area contributed by atoms with E-state index in [0.717, 1.165) is 29.2 Å². The Morgan fingerprint density at radius 2 is 1.75 bits per heavy atom. The molecular formula is C12H20N2O2. The molecule has 0 atom stereocenters. The third-order valence-electron chi connectivity index (χ3n) is 2.48. The fourth-order valence-corrected chi connectivity index (χ4v) is 1.65. The molecule has 0 unspecified atom stereocenters. The molecular weight excluding hydrogens is 204 g/mol. The number of methoxy groups -OCH3 is 2. The Hall–Kier alpha value is -1.42. The molecule has 16 heavy (non-hydrogen) atoms. The van der Waals surface area contributed by atoms with Gasteiger partial charge in [-0.25, -0.2) is 0 Å². The molecule has 1 aromatic rings. The first-order valence-electron chi connectivity index (χ1n) is 5.26. The molecule has 1 aromatic carbocycles. The first-order chi connectivity index (χ1) is 7.63. The molecule has 2 N–H and O–H groups in total. The van der Waals surface area contributed by atoms with Gasteiger partial charge in [-0.3, -0.25) is 0 Å². The molecule has 0 aliphatic rings.